The summed E-state index contributed by atoms with van der Waals surface area (Å²) >= 11 is 1.29. The molecule has 0 bridgehead atoms. The van der Waals surface area contributed by atoms with Crippen molar-refractivity contribution in [2.24, 2.45) is 0 Å². The fourth-order valence-corrected chi connectivity index (χ4v) is 2.55. The number of carbonyl (C=O) groups excluding carboxylic acids is 1. The Hall–Kier alpha value is -1.67. The molecule has 1 aromatic carbocycles. The van der Waals surface area contributed by atoms with Gasteiger partial charge in [-0.3, -0.25) is 4.79 Å². The van der Waals surface area contributed by atoms with Crippen LogP contribution in [0, 0.1) is 6.92 Å². The number of hydrogen-bond donors (Lipinski definition) is 2. The second-order valence-corrected chi connectivity index (χ2v) is 5.29. The van der Waals surface area contributed by atoms with Crippen molar-refractivity contribution in [1.82, 2.24) is 10.3 Å². The van der Waals surface area contributed by atoms with Gasteiger partial charge in [-0.15, -0.1) is 0 Å². The molecule has 0 atom stereocenters. The van der Waals surface area contributed by atoms with Crippen LogP contribution in [-0.2, 0) is 4.79 Å². The minimum Gasteiger partial charge on any atom is -0.301 e. The Balaban J connectivity index is 1.93. The molecule has 0 aliphatic carbocycles. The Labute approximate surface area is 117 Å². The molecule has 0 fully saturated rings. The van der Waals surface area contributed by atoms with Gasteiger partial charge in [-0.25, -0.2) is 4.98 Å². The van der Waals surface area contributed by atoms with Crippen LogP contribution in [0.5, 0.6) is 0 Å². The first-order valence-corrected chi connectivity index (χ1v) is 6.60. The van der Waals surface area contributed by atoms with E-state index in [0.29, 0.717) is 5.13 Å². The lowest BCUT2D eigenvalue weighted by Crippen LogP contribution is -2.35. The molecule has 0 saturated carbocycles. The molecule has 2 aromatic rings. The second-order valence-electron chi connectivity index (χ2n) is 4.26. The van der Waals surface area contributed by atoms with E-state index in [4.69, 9.17) is 0 Å². The van der Waals surface area contributed by atoms with Gasteiger partial charge in [-0.05, 0) is 24.6 Å². The monoisotopic (exact) mass is 303 g/mol. The smallest absolute Gasteiger partial charge is 0.301 e. The zero-order valence-electron chi connectivity index (χ0n) is 10.5. The van der Waals surface area contributed by atoms with Crippen molar-refractivity contribution in [2.45, 2.75) is 13.1 Å². The van der Waals surface area contributed by atoms with Gasteiger partial charge in [0.1, 0.15) is 0 Å². The SMILES string of the molecule is Cc1ccc2nc(NC(=O)CNCC(F)(F)F)sc2c1. The summed E-state index contributed by atoms with van der Waals surface area (Å²) in [6.07, 6.45) is -4.33. The molecule has 0 unspecified atom stereocenters. The number of fused-ring (bicyclic) bond motifs is 1. The molecular formula is C12H12F3N3OS. The third-order valence-electron chi connectivity index (χ3n) is 2.40. The van der Waals surface area contributed by atoms with Crippen molar-refractivity contribution >= 4 is 32.6 Å². The Morgan fingerprint density at radius 3 is 2.85 bits per heavy atom. The van der Waals surface area contributed by atoms with Gasteiger partial charge in [-0.1, -0.05) is 17.4 Å². The Morgan fingerprint density at radius 2 is 2.15 bits per heavy atom. The standard InChI is InChI=1S/C12H12F3N3OS/c1-7-2-3-8-9(4-7)20-11(17-8)18-10(19)5-16-6-12(13,14)15/h2-4,16H,5-6H2,1H3,(H,17,18,19). The van der Waals surface area contributed by atoms with Crippen LogP contribution < -0.4 is 10.6 Å². The lowest BCUT2D eigenvalue weighted by atomic mass is 10.2. The number of aromatic nitrogens is 1. The van der Waals surface area contributed by atoms with E-state index in [1.54, 1.807) is 0 Å². The highest BCUT2D eigenvalue weighted by atomic mass is 32.1. The maximum absolute atomic E-state index is 11.9. The summed E-state index contributed by atoms with van der Waals surface area (Å²) in [4.78, 5) is 15.7. The Morgan fingerprint density at radius 1 is 1.40 bits per heavy atom. The summed E-state index contributed by atoms with van der Waals surface area (Å²) in [5, 5.41) is 4.88. The number of alkyl halides is 3. The molecule has 0 aliphatic heterocycles. The summed E-state index contributed by atoms with van der Waals surface area (Å²) in [7, 11) is 0. The molecule has 1 heterocycles. The van der Waals surface area contributed by atoms with E-state index in [9.17, 15) is 18.0 Å². The fourth-order valence-electron chi connectivity index (χ4n) is 1.57. The normalized spacial score (nSPS) is 11.8. The first-order chi connectivity index (χ1) is 9.33. The van der Waals surface area contributed by atoms with Crippen LogP contribution in [0.2, 0.25) is 0 Å². The van der Waals surface area contributed by atoms with E-state index >= 15 is 0 Å². The average Bonchev–Trinajstić information content (AvgIpc) is 2.68. The van der Waals surface area contributed by atoms with Crippen LogP contribution in [0.3, 0.4) is 0 Å². The molecule has 2 rings (SSSR count). The molecule has 20 heavy (non-hydrogen) atoms. The summed E-state index contributed by atoms with van der Waals surface area (Å²) in [5.41, 5.74) is 1.82. The molecule has 0 saturated heterocycles. The Bertz CT molecular complexity index is 624. The molecule has 1 amide bonds. The summed E-state index contributed by atoms with van der Waals surface area (Å²) < 4.78 is 36.6. The number of nitrogens with zero attached hydrogens (tertiary/aromatic N) is 1. The number of anilines is 1. The first-order valence-electron chi connectivity index (χ1n) is 5.78. The van der Waals surface area contributed by atoms with Crippen molar-refractivity contribution in [3.63, 3.8) is 0 Å². The van der Waals surface area contributed by atoms with Gasteiger partial charge in [0.05, 0.1) is 23.3 Å². The number of thiazole rings is 1. The quantitative estimate of drug-likeness (QED) is 0.913. The van der Waals surface area contributed by atoms with Crippen LogP contribution in [0.25, 0.3) is 10.2 Å². The number of hydrogen-bond acceptors (Lipinski definition) is 4. The van der Waals surface area contributed by atoms with Crippen LogP contribution in [0.1, 0.15) is 5.56 Å². The number of amides is 1. The topological polar surface area (TPSA) is 54.0 Å². The van der Waals surface area contributed by atoms with Gasteiger partial charge in [-0.2, -0.15) is 13.2 Å². The molecule has 1 aromatic heterocycles. The molecule has 0 spiro atoms. The van der Waals surface area contributed by atoms with Crippen molar-refractivity contribution in [3.8, 4) is 0 Å². The molecule has 0 aliphatic rings. The van der Waals surface area contributed by atoms with Gasteiger partial charge in [0.2, 0.25) is 5.91 Å². The van der Waals surface area contributed by atoms with Crippen molar-refractivity contribution in [2.75, 3.05) is 18.4 Å². The predicted octanol–water partition coefficient (Wildman–Crippen LogP) is 2.70. The van der Waals surface area contributed by atoms with E-state index in [2.05, 4.69) is 10.3 Å². The van der Waals surface area contributed by atoms with E-state index in [-0.39, 0.29) is 0 Å². The lowest BCUT2D eigenvalue weighted by Gasteiger charge is -2.07. The highest BCUT2D eigenvalue weighted by Crippen LogP contribution is 2.26. The summed E-state index contributed by atoms with van der Waals surface area (Å²) in [5.74, 6) is -0.551. The number of carbonyl (C=O) groups is 1. The highest BCUT2D eigenvalue weighted by molar-refractivity contribution is 7.22. The highest BCUT2D eigenvalue weighted by Gasteiger charge is 2.26. The molecule has 4 nitrogen and oxygen atoms in total. The number of halogens is 3. The van der Waals surface area contributed by atoms with Gasteiger partial charge < -0.3 is 10.6 Å². The van der Waals surface area contributed by atoms with Crippen molar-refractivity contribution in [1.29, 1.82) is 0 Å². The molecule has 0 radical (unpaired) electrons. The van der Waals surface area contributed by atoms with Crippen LogP contribution in [-0.4, -0.2) is 30.2 Å². The van der Waals surface area contributed by atoms with Gasteiger partial charge in [0, 0.05) is 0 Å². The van der Waals surface area contributed by atoms with E-state index in [0.717, 1.165) is 15.8 Å². The summed E-state index contributed by atoms with van der Waals surface area (Å²) in [6.45, 7) is 0.340. The number of aryl methyl sites for hydroxylation is 1. The zero-order valence-corrected chi connectivity index (χ0v) is 11.4. The van der Waals surface area contributed by atoms with Crippen molar-refractivity contribution < 1.29 is 18.0 Å². The van der Waals surface area contributed by atoms with E-state index in [1.165, 1.54) is 11.3 Å². The maximum Gasteiger partial charge on any atom is 0.401 e. The van der Waals surface area contributed by atoms with Crippen LogP contribution in [0.4, 0.5) is 18.3 Å². The minimum absolute atomic E-state index is 0.379. The van der Waals surface area contributed by atoms with Crippen LogP contribution >= 0.6 is 11.3 Å². The lowest BCUT2D eigenvalue weighted by molar-refractivity contribution is -0.126. The van der Waals surface area contributed by atoms with E-state index in [1.807, 2.05) is 30.4 Å². The van der Waals surface area contributed by atoms with Gasteiger partial charge in [0.15, 0.2) is 5.13 Å². The molecule has 8 heteroatoms. The second kappa shape index (κ2) is 5.76. The molecular weight excluding hydrogens is 291 g/mol. The zero-order chi connectivity index (χ0) is 14.8. The number of nitrogens with one attached hydrogen (secondary N) is 2. The van der Waals surface area contributed by atoms with Gasteiger partial charge in [0.25, 0.3) is 0 Å². The molecule has 2 N–H and O–H groups in total. The third-order valence-corrected chi connectivity index (χ3v) is 3.33. The largest absolute Gasteiger partial charge is 0.401 e. The third kappa shape index (κ3) is 4.17. The minimum atomic E-state index is -4.33. The maximum atomic E-state index is 11.9. The number of rotatable bonds is 4. The van der Waals surface area contributed by atoms with Gasteiger partial charge >= 0.3 is 6.18 Å². The predicted molar refractivity (Wildman–Crippen MR) is 71.9 cm³/mol. The van der Waals surface area contributed by atoms with Crippen molar-refractivity contribution in [3.05, 3.63) is 23.8 Å². The average molecular weight is 303 g/mol. The summed E-state index contributed by atoms with van der Waals surface area (Å²) in [6, 6.07) is 5.67. The number of benzene rings is 1. The first kappa shape index (κ1) is 14.7. The molecule has 108 valence electrons. The van der Waals surface area contributed by atoms with E-state index < -0.39 is 25.2 Å². The Kier molecular flexibility index (Phi) is 4.24. The van der Waals surface area contributed by atoms with Crippen LogP contribution in [0.15, 0.2) is 18.2 Å². The fraction of sp³-hybridized carbons (Fsp3) is 0.333.